The maximum atomic E-state index is 12.2. The van der Waals surface area contributed by atoms with Crippen LogP contribution in [0.4, 0.5) is 5.69 Å². The van der Waals surface area contributed by atoms with E-state index in [9.17, 15) is 4.79 Å². The van der Waals surface area contributed by atoms with Crippen LogP contribution in [0, 0.1) is 0 Å². The summed E-state index contributed by atoms with van der Waals surface area (Å²) in [5, 5.41) is 0. The zero-order valence-electron chi connectivity index (χ0n) is 11.3. The fraction of sp³-hybridized carbons (Fsp3) is 0.571. The van der Waals surface area contributed by atoms with Crippen LogP contribution in [0.15, 0.2) is 18.3 Å². The Kier molecular flexibility index (Phi) is 4.74. The van der Waals surface area contributed by atoms with Crippen molar-refractivity contribution in [3.05, 3.63) is 24.0 Å². The number of pyridine rings is 1. The van der Waals surface area contributed by atoms with Crippen LogP contribution in [0.25, 0.3) is 0 Å². The van der Waals surface area contributed by atoms with Crippen molar-refractivity contribution in [3.8, 4) is 0 Å². The molecule has 2 rings (SSSR count). The summed E-state index contributed by atoms with van der Waals surface area (Å²) in [7, 11) is 0. The Bertz CT molecular complexity index is 413. The molecule has 1 aliphatic rings. The number of hydrogen-bond acceptors (Lipinski definition) is 4. The van der Waals surface area contributed by atoms with Crippen LogP contribution in [-0.4, -0.2) is 41.6 Å². The van der Waals surface area contributed by atoms with E-state index >= 15 is 0 Å². The van der Waals surface area contributed by atoms with E-state index in [1.165, 1.54) is 0 Å². The van der Waals surface area contributed by atoms with Crippen molar-refractivity contribution in [2.75, 3.05) is 25.4 Å². The van der Waals surface area contributed by atoms with E-state index in [1.807, 2.05) is 11.8 Å². The fourth-order valence-corrected chi connectivity index (χ4v) is 2.25. The number of nitrogens with two attached hydrogens (primary N) is 1. The molecular weight excluding hydrogens is 242 g/mol. The van der Waals surface area contributed by atoms with Gasteiger partial charge in [0.05, 0.1) is 24.4 Å². The molecule has 0 aliphatic carbocycles. The molecule has 1 saturated heterocycles. The van der Waals surface area contributed by atoms with E-state index in [0.29, 0.717) is 25.2 Å². The van der Waals surface area contributed by atoms with Crippen LogP contribution in [0.2, 0.25) is 0 Å². The molecule has 104 valence electrons. The summed E-state index contributed by atoms with van der Waals surface area (Å²) in [6.45, 7) is 4.19. The van der Waals surface area contributed by atoms with Crippen molar-refractivity contribution >= 4 is 11.6 Å². The van der Waals surface area contributed by atoms with Gasteiger partial charge in [-0.25, -0.2) is 0 Å². The number of hydrogen-bond donors (Lipinski definition) is 1. The molecule has 5 heteroatoms. The lowest BCUT2D eigenvalue weighted by atomic mass is 10.2. The highest BCUT2D eigenvalue weighted by Gasteiger charge is 2.21. The summed E-state index contributed by atoms with van der Waals surface area (Å²) in [5.41, 5.74) is 6.95. The van der Waals surface area contributed by atoms with E-state index in [-0.39, 0.29) is 12.0 Å². The highest BCUT2D eigenvalue weighted by Crippen LogP contribution is 2.14. The van der Waals surface area contributed by atoms with Gasteiger partial charge in [-0.15, -0.1) is 0 Å². The first-order chi connectivity index (χ1) is 9.19. The topological polar surface area (TPSA) is 68.5 Å². The third-order valence-corrected chi connectivity index (χ3v) is 3.36. The molecule has 5 nitrogen and oxygen atoms in total. The SMILES string of the molecule is CCN(CC1CCCO1)C(=O)Cc1ccc(N)cn1. The number of aromatic nitrogens is 1. The smallest absolute Gasteiger partial charge is 0.228 e. The minimum Gasteiger partial charge on any atom is -0.397 e. The molecule has 1 fully saturated rings. The van der Waals surface area contributed by atoms with Gasteiger partial charge in [0.1, 0.15) is 0 Å². The number of ether oxygens (including phenoxy) is 1. The number of rotatable bonds is 5. The Morgan fingerprint density at radius 2 is 2.42 bits per heavy atom. The molecule has 19 heavy (non-hydrogen) atoms. The summed E-state index contributed by atoms with van der Waals surface area (Å²) in [6, 6.07) is 3.57. The summed E-state index contributed by atoms with van der Waals surface area (Å²) >= 11 is 0. The second kappa shape index (κ2) is 6.52. The number of nitrogens with zero attached hydrogens (tertiary/aromatic N) is 2. The predicted octanol–water partition coefficient (Wildman–Crippen LogP) is 1.23. The summed E-state index contributed by atoms with van der Waals surface area (Å²) in [4.78, 5) is 18.2. The predicted molar refractivity (Wildman–Crippen MR) is 73.6 cm³/mol. The third kappa shape index (κ3) is 3.92. The zero-order valence-corrected chi connectivity index (χ0v) is 11.3. The summed E-state index contributed by atoms with van der Waals surface area (Å²) in [6.07, 6.45) is 4.24. The molecule has 1 aliphatic heterocycles. The molecule has 0 saturated carbocycles. The monoisotopic (exact) mass is 263 g/mol. The molecule has 1 aromatic rings. The van der Waals surface area contributed by atoms with Crippen molar-refractivity contribution in [2.45, 2.75) is 32.3 Å². The van der Waals surface area contributed by atoms with Crippen molar-refractivity contribution in [1.29, 1.82) is 0 Å². The van der Waals surface area contributed by atoms with Gasteiger partial charge in [0.15, 0.2) is 0 Å². The largest absolute Gasteiger partial charge is 0.397 e. The van der Waals surface area contributed by atoms with Gasteiger partial charge in [-0.3, -0.25) is 9.78 Å². The van der Waals surface area contributed by atoms with Gasteiger partial charge in [0, 0.05) is 25.4 Å². The lowest BCUT2D eigenvalue weighted by molar-refractivity contribution is -0.131. The fourth-order valence-electron chi connectivity index (χ4n) is 2.25. The minimum absolute atomic E-state index is 0.0928. The van der Waals surface area contributed by atoms with Gasteiger partial charge in [-0.05, 0) is 31.9 Å². The highest BCUT2D eigenvalue weighted by molar-refractivity contribution is 5.78. The first-order valence-corrected chi connectivity index (χ1v) is 6.79. The van der Waals surface area contributed by atoms with Crippen LogP contribution >= 0.6 is 0 Å². The quantitative estimate of drug-likeness (QED) is 0.867. The van der Waals surface area contributed by atoms with Crippen LogP contribution in [0.5, 0.6) is 0 Å². The maximum absolute atomic E-state index is 12.2. The van der Waals surface area contributed by atoms with Gasteiger partial charge in [0.2, 0.25) is 5.91 Å². The Labute approximate surface area is 113 Å². The highest BCUT2D eigenvalue weighted by atomic mass is 16.5. The number of nitrogen functional groups attached to an aromatic ring is 1. The lowest BCUT2D eigenvalue weighted by Gasteiger charge is -2.23. The third-order valence-electron chi connectivity index (χ3n) is 3.36. The van der Waals surface area contributed by atoms with Crippen LogP contribution in [-0.2, 0) is 16.0 Å². The second-order valence-electron chi connectivity index (χ2n) is 4.83. The van der Waals surface area contributed by atoms with Gasteiger partial charge in [0.25, 0.3) is 0 Å². The number of likely N-dealkylation sites (N-methyl/N-ethyl adjacent to an activating group) is 1. The molecule has 2 N–H and O–H groups in total. The van der Waals surface area contributed by atoms with E-state index < -0.39 is 0 Å². The Morgan fingerprint density at radius 1 is 1.58 bits per heavy atom. The number of carbonyl (C=O) groups excluding carboxylic acids is 1. The van der Waals surface area contributed by atoms with Crippen LogP contribution in [0.3, 0.4) is 0 Å². The van der Waals surface area contributed by atoms with Crippen molar-refractivity contribution in [3.63, 3.8) is 0 Å². The molecule has 2 heterocycles. The van der Waals surface area contributed by atoms with E-state index in [0.717, 1.165) is 25.1 Å². The second-order valence-corrected chi connectivity index (χ2v) is 4.83. The molecule has 1 amide bonds. The van der Waals surface area contributed by atoms with Gasteiger partial charge in [-0.1, -0.05) is 0 Å². The molecular formula is C14H21N3O2. The Balaban J connectivity index is 1.90. The first kappa shape index (κ1) is 13.8. The number of amides is 1. The van der Waals surface area contributed by atoms with E-state index in [4.69, 9.17) is 10.5 Å². The van der Waals surface area contributed by atoms with Crippen molar-refractivity contribution in [2.24, 2.45) is 0 Å². The van der Waals surface area contributed by atoms with Gasteiger partial charge < -0.3 is 15.4 Å². The molecule has 0 aromatic carbocycles. The lowest BCUT2D eigenvalue weighted by Crippen LogP contribution is -2.38. The zero-order chi connectivity index (χ0) is 13.7. The van der Waals surface area contributed by atoms with Crippen molar-refractivity contribution in [1.82, 2.24) is 9.88 Å². The average Bonchev–Trinajstić information content (AvgIpc) is 2.91. The molecule has 0 spiro atoms. The Morgan fingerprint density at radius 3 is 3.00 bits per heavy atom. The molecule has 0 bridgehead atoms. The van der Waals surface area contributed by atoms with Crippen LogP contribution in [0.1, 0.15) is 25.5 Å². The first-order valence-electron chi connectivity index (χ1n) is 6.79. The molecule has 1 aromatic heterocycles. The van der Waals surface area contributed by atoms with E-state index in [1.54, 1.807) is 18.3 Å². The Hall–Kier alpha value is -1.62. The van der Waals surface area contributed by atoms with Crippen molar-refractivity contribution < 1.29 is 9.53 Å². The molecule has 0 radical (unpaired) electrons. The number of anilines is 1. The van der Waals surface area contributed by atoms with Crippen LogP contribution < -0.4 is 5.73 Å². The van der Waals surface area contributed by atoms with Gasteiger partial charge >= 0.3 is 0 Å². The standard InChI is InChI=1S/C14H21N3O2/c1-2-17(10-13-4-3-7-19-13)14(18)8-12-6-5-11(15)9-16-12/h5-6,9,13H,2-4,7-8,10,15H2,1H3. The number of carbonyl (C=O) groups is 1. The summed E-state index contributed by atoms with van der Waals surface area (Å²) < 4.78 is 5.58. The maximum Gasteiger partial charge on any atom is 0.228 e. The van der Waals surface area contributed by atoms with E-state index in [2.05, 4.69) is 4.98 Å². The molecule has 1 unspecified atom stereocenters. The molecule has 1 atom stereocenters. The average molecular weight is 263 g/mol. The minimum atomic E-state index is 0.0928. The normalized spacial score (nSPS) is 18.5. The summed E-state index contributed by atoms with van der Waals surface area (Å²) in [5.74, 6) is 0.0928. The van der Waals surface area contributed by atoms with Gasteiger partial charge in [-0.2, -0.15) is 0 Å².